The van der Waals surface area contributed by atoms with Crippen LogP contribution in [0.2, 0.25) is 5.02 Å². The quantitative estimate of drug-likeness (QED) is 0.830. The van der Waals surface area contributed by atoms with Crippen molar-refractivity contribution in [2.24, 2.45) is 0 Å². The molecule has 0 atom stereocenters. The molecular formula is C16H18ClN. The Kier molecular flexibility index (Phi) is 4.27. The van der Waals surface area contributed by atoms with Crippen molar-refractivity contribution in [2.75, 3.05) is 5.32 Å². The van der Waals surface area contributed by atoms with E-state index in [1.54, 1.807) is 0 Å². The van der Waals surface area contributed by atoms with Crippen LogP contribution in [0, 0.1) is 6.92 Å². The van der Waals surface area contributed by atoms with Crippen LogP contribution in [0.4, 0.5) is 5.69 Å². The van der Waals surface area contributed by atoms with Gasteiger partial charge in [0.1, 0.15) is 0 Å². The lowest BCUT2D eigenvalue weighted by molar-refractivity contribution is 1.04. The van der Waals surface area contributed by atoms with Gasteiger partial charge in [-0.3, -0.25) is 0 Å². The minimum atomic E-state index is 0.809. The molecule has 1 N–H and O–H groups in total. The molecule has 0 heterocycles. The molecule has 0 aromatic heterocycles. The van der Waals surface area contributed by atoms with E-state index in [4.69, 9.17) is 11.6 Å². The van der Waals surface area contributed by atoms with E-state index >= 15 is 0 Å². The monoisotopic (exact) mass is 259 g/mol. The van der Waals surface area contributed by atoms with E-state index in [9.17, 15) is 0 Å². The highest BCUT2D eigenvalue weighted by Gasteiger charge is 2.03. The Morgan fingerprint density at radius 1 is 1.00 bits per heavy atom. The number of aryl methyl sites for hydroxylation is 1. The van der Waals surface area contributed by atoms with Crippen molar-refractivity contribution in [1.29, 1.82) is 0 Å². The van der Waals surface area contributed by atoms with Crippen LogP contribution in [0.1, 0.15) is 23.6 Å². The summed E-state index contributed by atoms with van der Waals surface area (Å²) in [6.07, 6.45) is 1.06. The zero-order valence-corrected chi connectivity index (χ0v) is 11.6. The van der Waals surface area contributed by atoms with Crippen LogP contribution >= 0.6 is 11.6 Å². The predicted octanol–water partition coefficient (Wildman–Crippen LogP) is 4.82. The highest BCUT2D eigenvalue weighted by Crippen LogP contribution is 2.23. The standard InChI is InChI=1S/C16H18ClN/c1-3-13-7-4-5-8-14(13)11-18-16-10-6-9-15(17)12(16)2/h4-10,18H,3,11H2,1-2H3. The predicted molar refractivity (Wildman–Crippen MR) is 79.3 cm³/mol. The summed E-state index contributed by atoms with van der Waals surface area (Å²) in [7, 11) is 0. The normalized spacial score (nSPS) is 10.4. The van der Waals surface area contributed by atoms with Gasteiger partial charge in [-0.25, -0.2) is 0 Å². The third-order valence-corrected chi connectivity index (χ3v) is 3.65. The first kappa shape index (κ1) is 13.0. The minimum Gasteiger partial charge on any atom is -0.381 e. The van der Waals surface area contributed by atoms with Gasteiger partial charge in [0.05, 0.1) is 0 Å². The fourth-order valence-corrected chi connectivity index (χ4v) is 2.24. The minimum absolute atomic E-state index is 0.809. The fraction of sp³-hybridized carbons (Fsp3) is 0.250. The van der Waals surface area contributed by atoms with Crippen LogP contribution in [0.25, 0.3) is 0 Å². The van der Waals surface area contributed by atoms with Gasteiger partial charge in [0.25, 0.3) is 0 Å². The number of rotatable bonds is 4. The summed E-state index contributed by atoms with van der Waals surface area (Å²) in [6.45, 7) is 5.06. The summed E-state index contributed by atoms with van der Waals surface area (Å²) in [6, 6.07) is 14.5. The van der Waals surface area contributed by atoms with Crippen molar-refractivity contribution in [3.8, 4) is 0 Å². The zero-order chi connectivity index (χ0) is 13.0. The van der Waals surface area contributed by atoms with E-state index in [1.165, 1.54) is 11.1 Å². The van der Waals surface area contributed by atoms with Crippen LogP contribution in [0.3, 0.4) is 0 Å². The first-order valence-electron chi connectivity index (χ1n) is 6.28. The van der Waals surface area contributed by atoms with Gasteiger partial charge in [0.15, 0.2) is 0 Å². The topological polar surface area (TPSA) is 12.0 Å². The summed E-state index contributed by atoms with van der Waals surface area (Å²) in [5.41, 5.74) is 4.95. The average molecular weight is 260 g/mol. The SMILES string of the molecule is CCc1ccccc1CNc1cccc(Cl)c1C. The molecule has 0 aliphatic carbocycles. The van der Waals surface area contributed by atoms with Crippen LogP contribution in [0.15, 0.2) is 42.5 Å². The van der Waals surface area contributed by atoms with E-state index in [2.05, 4.69) is 42.6 Å². The highest BCUT2D eigenvalue weighted by molar-refractivity contribution is 6.31. The number of halogens is 1. The first-order valence-corrected chi connectivity index (χ1v) is 6.66. The Balaban J connectivity index is 2.14. The van der Waals surface area contributed by atoms with Crippen molar-refractivity contribution in [3.63, 3.8) is 0 Å². The number of nitrogens with one attached hydrogen (secondary N) is 1. The molecule has 2 heteroatoms. The van der Waals surface area contributed by atoms with Gasteiger partial charge in [-0.1, -0.05) is 48.9 Å². The second-order valence-corrected chi connectivity index (χ2v) is 4.80. The number of anilines is 1. The third kappa shape index (κ3) is 2.85. The number of hydrogen-bond acceptors (Lipinski definition) is 1. The number of benzene rings is 2. The zero-order valence-electron chi connectivity index (χ0n) is 10.8. The van der Waals surface area contributed by atoms with Crippen molar-refractivity contribution in [1.82, 2.24) is 0 Å². The molecule has 0 fully saturated rings. The molecule has 0 radical (unpaired) electrons. The molecule has 2 rings (SSSR count). The van der Waals surface area contributed by atoms with E-state index < -0.39 is 0 Å². The van der Waals surface area contributed by atoms with E-state index in [0.717, 1.165) is 29.2 Å². The maximum atomic E-state index is 6.11. The molecule has 2 aromatic carbocycles. The maximum Gasteiger partial charge on any atom is 0.0455 e. The Morgan fingerprint density at radius 3 is 2.44 bits per heavy atom. The second kappa shape index (κ2) is 5.92. The fourth-order valence-electron chi connectivity index (χ4n) is 2.06. The maximum absolute atomic E-state index is 6.11. The second-order valence-electron chi connectivity index (χ2n) is 4.39. The summed E-state index contributed by atoms with van der Waals surface area (Å²) in [4.78, 5) is 0. The lowest BCUT2D eigenvalue weighted by Crippen LogP contribution is -2.03. The first-order chi connectivity index (χ1) is 8.72. The van der Waals surface area contributed by atoms with E-state index in [0.29, 0.717) is 0 Å². The van der Waals surface area contributed by atoms with Gasteiger partial charge in [-0.15, -0.1) is 0 Å². The largest absolute Gasteiger partial charge is 0.381 e. The summed E-state index contributed by atoms with van der Waals surface area (Å²) >= 11 is 6.11. The molecule has 0 spiro atoms. The molecule has 94 valence electrons. The number of hydrogen-bond donors (Lipinski definition) is 1. The van der Waals surface area contributed by atoms with E-state index in [1.807, 2.05) is 19.1 Å². The Labute approximate surface area is 114 Å². The van der Waals surface area contributed by atoms with Gasteiger partial charge in [0, 0.05) is 17.3 Å². The molecule has 0 aliphatic rings. The van der Waals surface area contributed by atoms with Gasteiger partial charge in [-0.2, -0.15) is 0 Å². The van der Waals surface area contributed by atoms with Crippen molar-refractivity contribution >= 4 is 17.3 Å². The molecule has 0 saturated carbocycles. The summed E-state index contributed by atoms with van der Waals surface area (Å²) < 4.78 is 0. The van der Waals surface area contributed by atoms with Gasteiger partial charge >= 0.3 is 0 Å². The van der Waals surface area contributed by atoms with Crippen molar-refractivity contribution in [3.05, 3.63) is 64.2 Å². The van der Waals surface area contributed by atoms with Gasteiger partial charge in [-0.05, 0) is 42.2 Å². The molecule has 2 aromatic rings. The Morgan fingerprint density at radius 2 is 1.72 bits per heavy atom. The van der Waals surface area contributed by atoms with Crippen molar-refractivity contribution in [2.45, 2.75) is 26.8 Å². The van der Waals surface area contributed by atoms with Crippen LogP contribution in [0.5, 0.6) is 0 Å². The molecule has 0 saturated heterocycles. The van der Waals surface area contributed by atoms with Crippen LogP contribution in [-0.4, -0.2) is 0 Å². The third-order valence-electron chi connectivity index (χ3n) is 3.24. The lowest BCUT2D eigenvalue weighted by Gasteiger charge is -2.13. The van der Waals surface area contributed by atoms with Crippen LogP contribution < -0.4 is 5.32 Å². The molecule has 0 aliphatic heterocycles. The molecule has 18 heavy (non-hydrogen) atoms. The molecule has 0 amide bonds. The lowest BCUT2D eigenvalue weighted by atomic mass is 10.1. The van der Waals surface area contributed by atoms with Gasteiger partial charge < -0.3 is 5.32 Å². The Bertz CT molecular complexity index is 534. The molecular weight excluding hydrogens is 242 g/mol. The summed E-state index contributed by atoms with van der Waals surface area (Å²) in [5, 5.41) is 4.27. The highest BCUT2D eigenvalue weighted by atomic mass is 35.5. The average Bonchev–Trinajstić information content (AvgIpc) is 2.41. The molecule has 1 nitrogen and oxygen atoms in total. The van der Waals surface area contributed by atoms with Gasteiger partial charge in [0.2, 0.25) is 0 Å². The smallest absolute Gasteiger partial charge is 0.0455 e. The van der Waals surface area contributed by atoms with E-state index in [-0.39, 0.29) is 0 Å². The Hall–Kier alpha value is -1.47. The van der Waals surface area contributed by atoms with Crippen molar-refractivity contribution < 1.29 is 0 Å². The molecule has 0 unspecified atom stereocenters. The molecule has 0 bridgehead atoms. The van der Waals surface area contributed by atoms with Crippen LogP contribution in [-0.2, 0) is 13.0 Å². The summed E-state index contributed by atoms with van der Waals surface area (Å²) in [5.74, 6) is 0.